The molecule has 0 aromatic rings. The molecule has 4 nitrogen and oxygen atoms in total. The standard InChI is InChI=1S/C7H10O4/c1-5(8)4-6(2)11-7(9)10-3/h4H,1-3H3/b6-4+. The third-order valence-electron chi connectivity index (χ3n) is 0.818. The van der Waals surface area contributed by atoms with E-state index in [1.807, 2.05) is 0 Å². The number of carbonyl (C=O) groups excluding carboxylic acids is 2. The van der Waals surface area contributed by atoms with Crippen molar-refractivity contribution in [2.45, 2.75) is 13.8 Å². The normalized spacial score (nSPS) is 10.6. The molecule has 0 aliphatic rings. The minimum Gasteiger partial charge on any atom is -0.437 e. The molecule has 0 aliphatic heterocycles. The first-order chi connectivity index (χ1) is 5.06. The highest BCUT2D eigenvalue weighted by molar-refractivity contribution is 5.87. The highest BCUT2D eigenvalue weighted by Gasteiger charge is 2.01. The second-order valence-corrected chi connectivity index (χ2v) is 1.92. The largest absolute Gasteiger partial charge is 0.513 e. The predicted octanol–water partition coefficient (Wildman–Crippen LogP) is 1.26. The van der Waals surface area contributed by atoms with Gasteiger partial charge in [0.25, 0.3) is 0 Å². The SMILES string of the molecule is COC(=O)O/C(C)=C/C(C)=O. The summed E-state index contributed by atoms with van der Waals surface area (Å²) in [7, 11) is 1.20. The van der Waals surface area contributed by atoms with Crippen LogP contribution in [0.5, 0.6) is 0 Å². The Hall–Kier alpha value is -1.32. The third-order valence-corrected chi connectivity index (χ3v) is 0.818. The van der Waals surface area contributed by atoms with Crippen molar-refractivity contribution in [1.82, 2.24) is 0 Å². The molecular formula is C7H10O4. The van der Waals surface area contributed by atoms with E-state index in [1.165, 1.54) is 27.0 Å². The van der Waals surface area contributed by atoms with Crippen LogP contribution in [0.15, 0.2) is 11.8 Å². The molecular weight excluding hydrogens is 148 g/mol. The van der Waals surface area contributed by atoms with Crippen molar-refractivity contribution < 1.29 is 19.1 Å². The van der Waals surface area contributed by atoms with Crippen LogP contribution >= 0.6 is 0 Å². The van der Waals surface area contributed by atoms with Gasteiger partial charge in [0.05, 0.1) is 7.11 Å². The average Bonchev–Trinajstić information content (AvgIpc) is 1.85. The molecule has 0 N–H and O–H groups in total. The van der Waals surface area contributed by atoms with Gasteiger partial charge >= 0.3 is 6.16 Å². The van der Waals surface area contributed by atoms with Crippen LogP contribution in [0.4, 0.5) is 4.79 Å². The lowest BCUT2D eigenvalue weighted by Gasteiger charge is -1.99. The van der Waals surface area contributed by atoms with Gasteiger partial charge in [-0.25, -0.2) is 4.79 Å². The highest BCUT2D eigenvalue weighted by Crippen LogP contribution is 1.97. The van der Waals surface area contributed by atoms with E-state index in [2.05, 4.69) is 9.47 Å². The van der Waals surface area contributed by atoms with E-state index in [0.717, 1.165) is 0 Å². The van der Waals surface area contributed by atoms with E-state index in [-0.39, 0.29) is 11.5 Å². The molecule has 0 aliphatic carbocycles. The Labute approximate surface area is 64.8 Å². The Kier molecular flexibility index (Phi) is 3.95. The van der Waals surface area contributed by atoms with Gasteiger partial charge in [0.15, 0.2) is 5.78 Å². The maximum atomic E-state index is 10.4. The summed E-state index contributed by atoms with van der Waals surface area (Å²) in [5.74, 6) is 0.0516. The second-order valence-electron chi connectivity index (χ2n) is 1.92. The highest BCUT2D eigenvalue weighted by atomic mass is 16.7. The lowest BCUT2D eigenvalue weighted by Crippen LogP contribution is -2.03. The molecule has 11 heavy (non-hydrogen) atoms. The second kappa shape index (κ2) is 4.49. The molecule has 0 spiro atoms. The summed E-state index contributed by atoms with van der Waals surface area (Å²) in [6.45, 7) is 2.86. The van der Waals surface area contributed by atoms with Gasteiger partial charge in [0, 0.05) is 6.08 Å². The Morgan fingerprint density at radius 1 is 1.27 bits per heavy atom. The van der Waals surface area contributed by atoms with Gasteiger partial charge in [-0.2, -0.15) is 0 Å². The molecule has 0 saturated carbocycles. The molecule has 0 aromatic heterocycles. The van der Waals surface area contributed by atoms with Crippen molar-refractivity contribution in [2.75, 3.05) is 7.11 Å². The molecule has 0 rings (SSSR count). The van der Waals surface area contributed by atoms with Gasteiger partial charge in [0.1, 0.15) is 5.76 Å². The van der Waals surface area contributed by atoms with Crippen LogP contribution in [0.1, 0.15) is 13.8 Å². The molecule has 0 aromatic carbocycles. The van der Waals surface area contributed by atoms with E-state index < -0.39 is 6.16 Å². The Morgan fingerprint density at radius 3 is 2.18 bits per heavy atom. The summed E-state index contributed by atoms with van der Waals surface area (Å²) in [5.41, 5.74) is 0. The van der Waals surface area contributed by atoms with Crippen molar-refractivity contribution in [3.05, 3.63) is 11.8 Å². The molecule has 0 amide bonds. The molecule has 0 radical (unpaired) electrons. The quantitative estimate of drug-likeness (QED) is 0.345. The number of rotatable bonds is 2. The fourth-order valence-electron chi connectivity index (χ4n) is 0.489. The van der Waals surface area contributed by atoms with E-state index >= 15 is 0 Å². The van der Waals surface area contributed by atoms with Gasteiger partial charge < -0.3 is 9.47 Å². The summed E-state index contributed by atoms with van der Waals surface area (Å²) < 4.78 is 8.68. The molecule has 4 heteroatoms. The first kappa shape index (κ1) is 9.68. The van der Waals surface area contributed by atoms with Crippen molar-refractivity contribution in [3.8, 4) is 0 Å². The van der Waals surface area contributed by atoms with Crippen molar-refractivity contribution in [1.29, 1.82) is 0 Å². The van der Waals surface area contributed by atoms with E-state index in [1.54, 1.807) is 0 Å². The zero-order valence-electron chi connectivity index (χ0n) is 6.71. The molecule has 0 atom stereocenters. The lowest BCUT2D eigenvalue weighted by atomic mass is 10.4. The van der Waals surface area contributed by atoms with Crippen LogP contribution in [-0.2, 0) is 14.3 Å². The van der Waals surface area contributed by atoms with Crippen LogP contribution in [0.2, 0.25) is 0 Å². The van der Waals surface area contributed by atoms with E-state index in [0.29, 0.717) is 0 Å². The fourth-order valence-corrected chi connectivity index (χ4v) is 0.489. The Morgan fingerprint density at radius 2 is 1.82 bits per heavy atom. The monoisotopic (exact) mass is 158 g/mol. The van der Waals surface area contributed by atoms with Crippen molar-refractivity contribution >= 4 is 11.9 Å². The summed E-state index contributed by atoms with van der Waals surface area (Å²) in [6, 6.07) is 0. The summed E-state index contributed by atoms with van der Waals surface area (Å²) >= 11 is 0. The van der Waals surface area contributed by atoms with Gasteiger partial charge in [-0.15, -0.1) is 0 Å². The van der Waals surface area contributed by atoms with Gasteiger partial charge in [0.2, 0.25) is 0 Å². The van der Waals surface area contributed by atoms with Crippen LogP contribution < -0.4 is 0 Å². The fraction of sp³-hybridized carbons (Fsp3) is 0.429. The number of carbonyl (C=O) groups is 2. The molecule has 0 fully saturated rings. The predicted molar refractivity (Wildman–Crippen MR) is 37.9 cm³/mol. The van der Waals surface area contributed by atoms with Gasteiger partial charge in [-0.05, 0) is 13.8 Å². The smallest absolute Gasteiger partial charge is 0.437 e. The lowest BCUT2D eigenvalue weighted by molar-refractivity contribution is -0.112. The molecule has 0 heterocycles. The first-order valence-electron chi connectivity index (χ1n) is 3.01. The van der Waals surface area contributed by atoms with Gasteiger partial charge in [-0.3, -0.25) is 4.79 Å². The third kappa shape index (κ3) is 5.14. The molecule has 0 unspecified atom stereocenters. The number of hydrogen-bond donors (Lipinski definition) is 0. The van der Waals surface area contributed by atoms with E-state index in [4.69, 9.17) is 0 Å². The van der Waals surface area contributed by atoms with Crippen LogP contribution in [0, 0.1) is 0 Å². The zero-order chi connectivity index (χ0) is 8.85. The first-order valence-corrected chi connectivity index (χ1v) is 3.01. The van der Waals surface area contributed by atoms with Crippen LogP contribution in [-0.4, -0.2) is 19.0 Å². The van der Waals surface area contributed by atoms with Gasteiger partial charge in [-0.1, -0.05) is 0 Å². The summed E-state index contributed by atoms with van der Waals surface area (Å²) in [6.07, 6.45) is 0.386. The topological polar surface area (TPSA) is 52.6 Å². The molecule has 0 bridgehead atoms. The molecule has 62 valence electrons. The Balaban J connectivity index is 3.96. The summed E-state index contributed by atoms with van der Waals surface area (Å²) in [5, 5.41) is 0. The number of hydrogen-bond acceptors (Lipinski definition) is 4. The van der Waals surface area contributed by atoms with Crippen molar-refractivity contribution in [2.24, 2.45) is 0 Å². The maximum Gasteiger partial charge on any atom is 0.513 e. The number of ketones is 1. The van der Waals surface area contributed by atoms with Crippen LogP contribution in [0.3, 0.4) is 0 Å². The summed E-state index contributed by atoms with van der Waals surface area (Å²) in [4.78, 5) is 20.8. The number of methoxy groups -OCH3 is 1. The van der Waals surface area contributed by atoms with Crippen LogP contribution in [0.25, 0.3) is 0 Å². The Bertz CT molecular complexity index is 193. The van der Waals surface area contributed by atoms with Crippen molar-refractivity contribution in [3.63, 3.8) is 0 Å². The zero-order valence-corrected chi connectivity index (χ0v) is 6.71. The average molecular weight is 158 g/mol. The number of allylic oxidation sites excluding steroid dienone is 2. The minimum absolute atomic E-state index is 0.175. The number of ether oxygens (including phenoxy) is 2. The minimum atomic E-state index is -0.819. The maximum absolute atomic E-state index is 10.4. The molecule has 0 saturated heterocycles. The van der Waals surface area contributed by atoms with E-state index in [9.17, 15) is 9.59 Å².